The summed E-state index contributed by atoms with van der Waals surface area (Å²) in [7, 11) is 0. The number of hydrazone groups is 1. The summed E-state index contributed by atoms with van der Waals surface area (Å²) in [5.74, 6) is 1.68. The predicted octanol–water partition coefficient (Wildman–Crippen LogP) is 6.50. The Morgan fingerprint density at radius 2 is 1.62 bits per heavy atom. The van der Waals surface area contributed by atoms with Crippen molar-refractivity contribution in [2.24, 2.45) is 5.10 Å². The molecule has 3 rings (SSSR count). The van der Waals surface area contributed by atoms with Crippen molar-refractivity contribution in [1.29, 1.82) is 0 Å². The molecule has 0 saturated heterocycles. The van der Waals surface area contributed by atoms with Gasteiger partial charge in [0.1, 0.15) is 11.5 Å². The van der Waals surface area contributed by atoms with Gasteiger partial charge in [-0.2, -0.15) is 5.10 Å². The van der Waals surface area contributed by atoms with E-state index in [2.05, 4.69) is 29.6 Å². The molecule has 0 unspecified atom stereocenters. The van der Waals surface area contributed by atoms with Gasteiger partial charge >= 0.3 is 0 Å². The zero-order chi connectivity index (χ0) is 18.5. The zero-order valence-corrected chi connectivity index (χ0v) is 15.8. The molecule has 0 aliphatic heterocycles. The number of anilines is 1. The number of benzene rings is 3. The molecule has 4 heteroatoms. The second-order valence-corrected chi connectivity index (χ2v) is 6.68. The third-order valence-corrected chi connectivity index (χ3v) is 4.44. The van der Waals surface area contributed by atoms with Crippen molar-refractivity contribution in [3.05, 3.63) is 87.9 Å². The van der Waals surface area contributed by atoms with Crippen LogP contribution in [0.4, 0.5) is 5.69 Å². The highest BCUT2D eigenvalue weighted by molar-refractivity contribution is 6.31. The summed E-state index contributed by atoms with van der Waals surface area (Å²) in [6, 6.07) is 19.7. The van der Waals surface area contributed by atoms with Crippen molar-refractivity contribution < 1.29 is 4.74 Å². The van der Waals surface area contributed by atoms with Crippen LogP contribution < -0.4 is 10.2 Å². The molecular weight excluding hydrogens is 344 g/mol. The van der Waals surface area contributed by atoms with E-state index >= 15 is 0 Å². The van der Waals surface area contributed by atoms with E-state index in [0.717, 1.165) is 38.9 Å². The Kier molecular flexibility index (Phi) is 5.59. The van der Waals surface area contributed by atoms with Crippen molar-refractivity contribution in [1.82, 2.24) is 0 Å². The first-order chi connectivity index (χ1) is 12.5. The Morgan fingerprint density at radius 1 is 0.885 bits per heavy atom. The number of hydrogen-bond acceptors (Lipinski definition) is 3. The first kappa shape index (κ1) is 18.0. The van der Waals surface area contributed by atoms with Crippen molar-refractivity contribution in [3.8, 4) is 11.5 Å². The van der Waals surface area contributed by atoms with Gasteiger partial charge in [-0.15, -0.1) is 0 Å². The van der Waals surface area contributed by atoms with E-state index < -0.39 is 0 Å². The summed E-state index contributed by atoms with van der Waals surface area (Å²) in [6.45, 7) is 6.07. The smallest absolute Gasteiger partial charge is 0.130 e. The van der Waals surface area contributed by atoms with Crippen molar-refractivity contribution in [2.45, 2.75) is 20.8 Å². The molecule has 1 N–H and O–H groups in total. The van der Waals surface area contributed by atoms with Crippen LogP contribution in [0, 0.1) is 20.8 Å². The largest absolute Gasteiger partial charge is 0.457 e. The highest BCUT2D eigenvalue weighted by atomic mass is 35.5. The van der Waals surface area contributed by atoms with Crippen molar-refractivity contribution >= 4 is 23.5 Å². The van der Waals surface area contributed by atoms with Gasteiger partial charge in [0.05, 0.1) is 11.9 Å². The summed E-state index contributed by atoms with van der Waals surface area (Å²) in [4.78, 5) is 0. The van der Waals surface area contributed by atoms with Crippen LogP contribution in [0.1, 0.15) is 22.3 Å². The minimum atomic E-state index is 0.721. The lowest BCUT2D eigenvalue weighted by molar-refractivity contribution is 0.478. The average Bonchev–Trinajstić information content (AvgIpc) is 2.63. The van der Waals surface area contributed by atoms with Gasteiger partial charge < -0.3 is 4.74 Å². The molecule has 0 saturated carbocycles. The van der Waals surface area contributed by atoms with Gasteiger partial charge in [0, 0.05) is 5.02 Å². The lowest BCUT2D eigenvalue weighted by Crippen LogP contribution is -1.92. The lowest BCUT2D eigenvalue weighted by Gasteiger charge is -2.09. The maximum absolute atomic E-state index is 6.11. The van der Waals surface area contributed by atoms with Gasteiger partial charge in [0.15, 0.2) is 0 Å². The fraction of sp³-hybridized carbons (Fsp3) is 0.136. The minimum absolute atomic E-state index is 0.721. The van der Waals surface area contributed by atoms with E-state index in [4.69, 9.17) is 16.3 Å². The number of hydrogen-bond donors (Lipinski definition) is 1. The van der Waals surface area contributed by atoms with Crippen LogP contribution >= 0.6 is 11.6 Å². The Labute approximate surface area is 159 Å². The summed E-state index contributed by atoms with van der Waals surface area (Å²) in [5.41, 5.74) is 8.15. The first-order valence-electron chi connectivity index (χ1n) is 8.42. The van der Waals surface area contributed by atoms with Crippen LogP contribution in [0.25, 0.3) is 0 Å². The minimum Gasteiger partial charge on any atom is -0.457 e. The standard InChI is InChI=1S/C22H21ClN2O/c1-15-4-5-17(3)22(12-15)26-20-10-7-18(8-11-20)14-24-25-19-9-6-16(2)21(23)13-19/h4-14,25H,1-3H3. The fourth-order valence-corrected chi connectivity index (χ4v) is 2.59. The molecule has 0 bridgehead atoms. The third-order valence-electron chi connectivity index (χ3n) is 4.03. The van der Waals surface area contributed by atoms with Gasteiger partial charge in [0.2, 0.25) is 0 Å². The van der Waals surface area contributed by atoms with Gasteiger partial charge in [-0.3, -0.25) is 5.43 Å². The average molecular weight is 365 g/mol. The first-order valence-corrected chi connectivity index (χ1v) is 8.79. The molecule has 0 amide bonds. The van der Waals surface area contributed by atoms with Crippen molar-refractivity contribution in [3.63, 3.8) is 0 Å². The predicted molar refractivity (Wildman–Crippen MR) is 110 cm³/mol. The van der Waals surface area contributed by atoms with Gasteiger partial charge in [-0.25, -0.2) is 0 Å². The molecule has 3 aromatic carbocycles. The van der Waals surface area contributed by atoms with E-state index in [9.17, 15) is 0 Å². The maximum atomic E-state index is 6.11. The molecule has 132 valence electrons. The molecular formula is C22H21ClN2O. The Bertz CT molecular complexity index is 933. The van der Waals surface area contributed by atoms with Gasteiger partial charge in [0.25, 0.3) is 0 Å². The van der Waals surface area contributed by atoms with Crippen LogP contribution in [0.3, 0.4) is 0 Å². The third kappa shape index (κ3) is 4.64. The van der Waals surface area contributed by atoms with Gasteiger partial charge in [-0.1, -0.05) is 29.8 Å². The van der Waals surface area contributed by atoms with Crippen LogP contribution in [-0.4, -0.2) is 6.21 Å². The summed E-state index contributed by atoms with van der Waals surface area (Å²) < 4.78 is 5.97. The zero-order valence-electron chi connectivity index (χ0n) is 15.1. The van der Waals surface area contributed by atoms with Crippen LogP contribution in [0.2, 0.25) is 5.02 Å². The number of halogens is 1. The molecule has 0 spiro atoms. The quantitative estimate of drug-likeness (QED) is 0.414. The molecule has 0 atom stereocenters. The van der Waals surface area contributed by atoms with Crippen LogP contribution in [-0.2, 0) is 0 Å². The van der Waals surface area contributed by atoms with Gasteiger partial charge in [-0.05, 0) is 85.5 Å². The molecule has 0 fully saturated rings. The van der Waals surface area contributed by atoms with E-state index in [1.165, 1.54) is 5.56 Å². The molecule has 0 aliphatic rings. The Balaban J connectivity index is 1.63. The normalized spacial score (nSPS) is 10.9. The van der Waals surface area contributed by atoms with Crippen molar-refractivity contribution in [2.75, 3.05) is 5.43 Å². The molecule has 0 heterocycles. The molecule has 0 radical (unpaired) electrons. The maximum Gasteiger partial charge on any atom is 0.130 e. The number of ether oxygens (including phenoxy) is 1. The second kappa shape index (κ2) is 8.07. The van der Waals surface area contributed by atoms with E-state index in [-0.39, 0.29) is 0 Å². The van der Waals surface area contributed by atoms with E-state index in [1.54, 1.807) is 6.21 Å². The number of nitrogens with one attached hydrogen (secondary N) is 1. The second-order valence-electron chi connectivity index (χ2n) is 6.27. The SMILES string of the molecule is Cc1ccc(C)c(Oc2ccc(C=NNc3ccc(C)c(Cl)c3)cc2)c1. The molecule has 3 nitrogen and oxygen atoms in total. The molecule has 26 heavy (non-hydrogen) atoms. The fourth-order valence-electron chi connectivity index (χ4n) is 2.41. The lowest BCUT2D eigenvalue weighted by atomic mass is 10.1. The summed E-state index contributed by atoms with van der Waals surface area (Å²) >= 11 is 6.11. The highest BCUT2D eigenvalue weighted by Crippen LogP contribution is 2.26. The molecule has 0 aromatic heterocycles. The van der Waals surface area contributed by atoms with E-state index in [1.807, 2.05) is 62.4 Å². The Hall–Kier alpha value is -2.78. The monoisotopic (exact) mass is 364 g/mol. The number of rotatable bonds is 5. The summed E-state index contributed by atoms with van der Waals surface area (Å²) in [5, 5.41) is 4.97. The number of aryl methyl sites for hydroxylation is 3. The number of nitrogens with zero attached hydrogens (tertiary/aromatic N) is 1. The Morgan fingerprint density at radius 3 is 2.35 bits per heavy atom. The topological polar surface area (TPSA) is 33.6 Å². The highest BCUT2D eigenvalue weighted by Gasteiger charge is 2.02. The van der Waals surface area contributed by atoms with Crippen LogP contribution in [0.15, 0.2) is 65.8 Å². The molecule has 0 aliphatic carbocycles. The summed E-state index contributed by atoms with van der Waals surface area (Å²) in [6.07, 6.45) is 1.76. The van der Waals surface area contributed by atoms with E-state index in [0.29, 0.717) is 0 Å². The van der Waals surface area contributed by atoms with Crippen LogP contribution in [0.5, 0.6) is 11.5 Å². The molecule has 3 aromatic rings.